The number of hydrogen-bond acceptors (Lipinski definition) is 3. The van der Waals surface area contributed by atoms with Crippen molar-refractivity contribution in [2.45, 2.75) is 29.0 Å². The molecular formula is C10H5F9O3S. The Morgan fingerprint density at radius 1 is 0.739 bits per heavy atom. The van der Waals surface area contributed by atoms with E-state index in [1.165, 1.54) is 6.07 Å². The Morgan fingerprint density at radius 2 is 1.17 bits per heavy atom. The first-order valence-corrected chi connectivity index (χ1v) is 6.68. The first kappa shape index (κ1) is 19.5. The van der Waals surface area contributed by atoms with Gasteiger partial charge in [-0.15, -0.1) is 0 Å². The molecule has 13 heteroatoms. The maximum absolute atomic E-state index is 13.1. The molecular weight excluding hydrogens is 371 g/mol. The van der Waals surface area contributed by atoms with Gasteiger partial charge >= 0.3 is 34.2 Å². The van der Waals surface area contributed by atoms with E-state index >= 15 is 0 Å². The van der Waals surface area contributed by atoms with Crippen LogP contribution in [0.4, 0.5) is 39.5 Å². The summed E-state index contributed by atoms with van der Waals surface area (Å²) < 4.78 is 138. The van der Waals surface area contributed by atoms with Crippen molar-refractivity contribution in [3.63, 3.8) is 0 Å². The first-order chi connectivity index (χ1) is 10.1. The number of benzene rings is 1. The summed E-state index contributed by atoms with van der Waals surface area (Å²) in [6.07, 6.45) is -13.7. The fraction of sp³-hybridized carbons (Fsp3) is 0.400. The summed E-state index contributed by atoms with van der Waals surface area (Å²) in [5.74, 6) is -14.4. The Hall–Kier alpha value is -1.50. The van der Waals surface area contributed by atoms with Crippen molar-refractivity contribution in [1.82, 2.24) is 0 Å². The molecule has 0 saturated heterocycles. The van der Waals surface area contributed by atoms with E-state index in [-0.39, 0.29) is 0 Å². The molecule has 0 spiro atoms. The van der Waals surface area contributed by atoms with Gasteiger partial charge in [0.25, 0.3) is 0 Å². The number of rotatable bonds is 5. The van der Waals surface area contributed by atoms with Crippen LogP contribution in [0, 0.1) is 0 Å². The van der Waals surface area contributed by atoms with Crippen LogP contribution in [-0.2, 0) is 14.3 Å². The third kappa shape index (κ3) is 3.39. The maximum Gasteiger partial charge on any atom is 0.460 e. The molecule has 0 heterocycles. The zero-order valence-electron chi connectivity index (χ0n) is 10.4. The van der Waals surface area contributed by atoms with Gasteiger partial charge in [-0.1, -0.05) is 18.2 Å². The van der Waals surface area contributed by atoms with Gasteiger partial charge in [0.1, 0.15) is 0 Å². The molecule has 0 aliphatic rings. The molecule has 1 aromatic rings. The van der Waals surface area contributed by atoms with Gasteiger partial charge in [0.15, 0.2) is 0 Å². The maximum atomic E-state index is 13.1. The molecule has 0 fully saturated rings. The molecule has 1 aromatic carbocycles. The van der Waals surface area contributed by atoms with Crippen LogP contribution in [0.25, 0.3) is 0 Å². The fourth-order valence-corrected chi connectivity index (χ4v) is 2.15. The average Bonchev–Trinajstić information content (AvgIpc) is 2.36. The predicted octanol–water partition coefficient (Wildman–Crippen LogP) is 3.82. The lowest BCUT2D eigenvalue weighted by molar-refractivity contribution is -0.428. The van der Waals surface area contributed by atoms with Gasteiger partial charge in [-0.25, -0.2) is 0 Å². The normalized spacial score (nSPS) is 14.8. The molecule has 0 N–H and O–H groups in total. The molecule has 0 amide bonds. The zero-order chi connectivity index (χ0) is 18.3. The summed E-state index contributed by atoms with van der Waals surface area (Å²) in [5.41, 5.74) is 0. The van der Waals surface area contributed by atoms with E-state index in [1.807, 2.05) is 0 Å². The molecule has 0 atom stereocenters. The van der Waals surface area contributed by atoms with Crippen molar-refractivity contribution >= 4 is 10.1 Å². The summed E-state index contributed by atoms with van der Waals surface area (Å²) in [5, 5.41) is 0. The summed E-state index contributed by atoms with van der Waals surface area (Å²) in [7, 11) is -5.74. The third-order valence-corrected chi connectivity index (χ3v) is 3.64. The molecule has 0 aliphatic carbocycles. The quantitative estimate of drug-likeness (QED) is 0.580. The lowest BCUT2D eigenvalue weighted by Gasteiger charge is -2.32. The highest BCUT2D eigenvalue weighted by Crippen LogP contribution is 2.53. The second-order valence-electron chi connectivity index (χ2n) is 4.01. The van der Waals surface area contributed by atoms with E-state index in [4.69, 9.17) is 0 Å². The van der Waals surface area contributed by atoms with Gasteiger partial charge in [-0.3, -0.25) is 0 Å². The molecule has 3 nitrogen and oxygen atoms in total. The highest BCUT2D eigenvalue weighted by Gasteiger charge is 2.83. The van der Waals surface area contributed by atoms with Crippen LogP contribution in [0.15, 0.2) is 35.2 Å². The van der Waals surface area contributed by atoms with Crippen molar-refractivity contribution in [3.05, 3.63) is 30.3 Å². The Kier molecular flexibility index (Phi) is 4.71. The van der Waals surface area contributed by atoms with Crippen LogP contribution in [0.1, 0.15) is 0 Å². The highest BCUT2D eigenvalue weighted by atomic mass is 32.2. The molecule has 0 radical (unpaired) electrons. The Balaban J connectivity index is 3.26. The monoisotopic (exact) mass is 376 g/mol. The smallest absolute Gasteiger partial charge is 0.194 e. The lowest BCUT2D eigenvalue weighted by Crippen LogP contribution is -2.62. The molecule has 0 aromatic heterocycles. The second-order valence-corrected chi connectivity index (χ2v) is 5.56. The Morgan fingerprint density at radius 3 is 1.57 bits per heavy atom. The summed E-state index contributed by atoms with van der Waals surface area (Å²) in [6, 6.07) is 4.22. The van der Waals surface area contributed by atoms with Crippen LogP contribution in [0.5, 0.6) is 0 Å². The van der Waals surface area contributed by atoms with E-state index in [0.717, 1.165) is 12.1 Å². The first-order valence-electron chi connectivity index (χ1n) is 5.27. The minimum Gasteiger partial charge on any atom is -0.194 e. The van der Waals surface area contributed by atoms with Crippen LogP contribution >= 0.6 is 0 Å². The van der Waals surface area contributed by atoms with Crippen molar-refractivity contribution in [3.8, 4) is 0 Å². The summed E-state index contributed by atoms with van der Waals surface area (Å²) in [4.78, 5) is -1.15. The van der Waals surface area contributed by atoms with Crippen molar-refractivity contribution in [2.75, 3.05) is 0 Å². The van der Waals surface area contributed by atoms with Crippen LogP contribution in [0.3, 0.4) is 0 Å². The van der Waals surface area contributed by atoms with Gasteiger partial charge in [0.2, 0.25) is 0 Å². The number of alkyl halides is 9. The molecule has 0 unspecified atom stereocenters. The SMILES string of the molecule is O=S(=O)(OC(F)(F)C(F)(F)C(F)(F)C(F)(F)F)c1ccccc1. The second kappa shape index (κ2) is 5.54. The predicted molar refractivity (Wildman–Crippen MR) is 55.6 cm³/mol. The van der Waals surface area contributed by atoms with E-state index in [9.17, 15) is 47.9 Å². The van der Waals surface area contributed by atoms with Crippen LogP contribution in [0.2, 0.25) is 0 Å². The van der Waals surface area contributed by atoms with E-state index < -0.39 is 39.1 Å². The minimum atomic E-state index is -7.24. The Bertz CT molecular complexity index is 652. The molecule has 1 rings (SSSR count). The molecule has 0 bridgehead atoms. The zero-order valence-corrected chi connectivity index (χ0v) is 11.2. The van der Waals surface area contributed by atoms with Gasteiger partial charge in [-0.05, 0) is 12.1 Å². The van der Waals surface area contributed by atoms with Crippen molar-refractivity contribution in [1.29, 1.82) is 0 Å². The van der Waals surface area contributed by atoms with Gasteiger partial charge in [0, 0.05) is 0 Å². The lowest BCUT2D eigenvalue weighted by atomic mass is 10.1. The minimum absolute atomic E-state index is 0.575. The van der Waals surface area contributed by atoms with Gasteiger partial charge in [-0.2, -0.15) is 52.1 Å². The standard InChI is InChI=1S/C10H5F9O3S/c11-7(12,9(15,16)17)8(13,14)10(18,19)22-23(20,21)6-4-2-1-3-5-6/h1-5H. The molecule has 0 aliphatic heterocycles. The third-order valence-electron chi connectivity index (χ3n) is 2.36. The van der Waals surface area contributed by atoms with E-state index in [1.54, 1.807) is 0 Å². The van der Waals surface area contributed by atoms with E-state index in [0.29, 0.717) is 12.1 Å². The Labute approximate surface area is 122 Å². The number of hydrogen-bond donors (Lipinski definition) is 0. The summed E-state index contributed by atoms with van der Waals surface area (Å²) >= 11 is 0. The highest BCUT2D eigenvalue weighted by molar-refractivity contribution is 7.86. The largest absolute Gasteiger partial charge is 0.460 e. The molecule has 132 valence electrons. The van der Waals surface area contributed by atoms with Gasteiger partial charge < -0.3 is 0 Å². The topological polar surface area (TPSA) is 43.4 Å². The average molecular weight is 376 g/mol. The summed E-state index contributed by atoms with van der Waals surface area (Å²) in [6.45, 7) is 0. The van der Waals surface area contributed by atoms with Gasteiger partial charge in [0.05, 0.1) is 4.90 Å². The van der Waals surface area contributed by atoms with Crippen LogP contribution in [-0.4, -0.2) is 32.5 Å². The van der Waals surface area contributed by atoms with Crippen molar-refractivity contribution in [2.24, 2.45) is 0 Å². The van der Waals surface area contributed by atoms with E-state index in [2.05, 4.69) is 4.18 Å². The molecule has 23 heavy (non-hydrogen) atoms. The van der Waals surface area contributed by atoms with Crippen LogP contribution < -0.4 is 0 Å². The molecule has 0 saturated carbocycles. The number of halogens is 9. The van der Waals surface area contributed by atoms with Crippen molar-refractivity contribution < 1.29 is 52.1 Å². The fourth-order valence-electron chi connectivity index (χ4n) is 1.19.